The van der Waals surface area contributed by atoms with Crippen molar-refractivity contribution in [1.82, 2.24) is 21.0 Å². The topological polar surface area (TPSA) is 116 Å². The third-order valence-electron chi connectivity index (χ3n) is 4.37. The van der Waals surface area contributed by atoms with Gasteiger partial charge in [0.15, 0.2) is 11.5 Å². The smallest absolute Gasteiger partial charge is 0.269 e. The molecule has 0 aliphatic heterocycles. The van der Waals surface area contributed by atoms with Gasteiger partial charge in [0, 0.05) is 24.0 Å². The zero-order chi connectivity index (χ0) is 22.2. The van der Waals surface area contributed by atoms with E-state index in [1.165, 1.54) is 13.2 Å². The first-order chi connectivity index (χ1) is 15.0. The summed E-state index contributed by atoms with van der Waals surface area (Å²) in [6.07, 6.45) is 0.319. The van der Waals surface area contributed by atoms with Gasteiger partial charge in [-0.1, -0.05) is 17.7 Å². The number of nitrogens with one attached hydrogen (secondary N) is 2. The summed E-state index contributed by atoms with van der Waals surface area (Å²) in [4.78, 5) is 24.4. The van der Waals surface area contributed by atoms with Gasteiger partial charge in [-0.2, -0.15) is 0 Å². The Morgan fingerprint density at radius 3 is 2.52 bits per heavy atom. The fourth-order valence-corrected chi connectivity index (χ4v) is 2.73. The highest BCUT2D eigenvalue weighted by Gasteiger charge is 2.13. The first-order valence-corrected chi connectivity index (χ1v) is 9.79. The predicted molar refractivity (Wildman–Crippen MR) is 113 cm³/mol. The van der Waals surface area contributed by atoms with Crippen molar-refractivity contribution < 1.29 is 23.5 Å². The zero-order valence-electron chi connectivity index (χ0n) is 17.6. The molecule has 0 aliphatic rings. The number of hydrogen-bond donors (Lipinski definition) is 2. The van der Waals surface area contributed by atoms with Crippen molar-refractivity contribution >= 4 is 11.8 Å². The van der Waals surface area contributed by atoms with Crippen LogP contribution in [-0.4, -0.2) is 35.7 Å². The lowest BCUT2D eigenvalue weighted by molar-refractivity contribution is -0.121. The van der Waals surface area contributed by atoms with Crippen LogP contribution in [-0.2, 0) is 11.2 Å². The molecule has 0 saturated heterocycles. The predicted octanol–water partition coefficient (Wildman–Crippen LogP) is 2.85. The summed E-state index contributed by atoms with van der Waals surface area (Å²) in [6, 6.07) is 12.5. The summed E-state index contributed by atoms with van der Waals surface area (Å²) in [5, 5.41) is 7.97. The first kappa shape index (κ1) is 21.8. The van der Waals surface area contributed by atoms with Gasteiger partial charge in [-0.05, 0) is 44.2 Å². The lowest BCUT2D eigenvalue weighted by Gasteiger charge is -2.11. The van der Waals surface area contributed by atoms with Crippen LogP contribution >= 0.6 is 0 Å². The Labute approximate surface area is 179 Å². The molecule has 0 atom stereocenters. The van der Waals surface area contributed by atoms with Gasteiger partial charge in [0.1, 0.15) is 0 Å². The number of carbonyl (C=O) groups excluding carboxylic acids is 2. The molecule has 3 rings (SSSR count). The van der Waals surface area contributed by atoms with Crippen molar-refractivity contribution in [1.29, 1.82) is 0 Å². The van der Waals surface area contributed by atoms with Gasteiger partial charge in [-0.3, -0.25) is 20.4 Å². The van der Waals surface area contributed by atoms with Gasteiger partial charge in [-0.25, -0.2) is 0 Å². The number of amides is 2. The van der Waals surface area contributed by atoms with Crippen molar-refractivity contribution in [3.63, 3.8) is 0 Å². The highest BCUT2D eigenvalue weighted by atomic mass is 16.5. The molecular weight excluding hydrogens is 400 g/mol. The van der Waals surface area contributed by atoms with E-state index in [0.717, 1.165) is 11.1 Å². The van der Waals surface area contributed by atoms with E-state index in [2.05, 4.69) is 21.0 Å². The Morgan fingerprint density at radius 1 is 1.03 bits per heavy atom. The largest absolute Gasteiger partial charge is 0.493 e. The second kappa shape index (κ2) is 10.2. The van der Waals surface area contributed by atoms with E-state index in [1.807, 2.05) is 38.1 Å². The molecule has 1 aromatic heterocycles. The van der Waals surface area contributed by atoms with Crippen LogP contribution in [0.4, 0.5) is 0 Å². The number of rotatable bonds is 8. The quantitative estimate of drug-likeness (QED) is 0.534. The molecule has 3 aromatic rings. The number of hydrazine groups is 1. The van der Waals surface area contributed by atoms with Gasteiger partial charge in [-0.15, -0.1) is 10.2 Å². The number of benzene rings is 2. The molecule has 2 N–H and O–H groups in total. The third-order valence-corrected chi connectivity index (χ3v) is 4.37. The molecule has 0 bridgehead atoms. The Balaban J connectivity index is 1.49. The van der Waals surface area contributed by atoms with Crippen LogP contribution in [0.1, 0.15) is 35.2 Å². The lowest BCUT2D eigenvalue weighted by atomic mass is 10.1. The first-order valence-electron chi connectivity index (χ1n) is 9.79. The van der Waals surface area contributed by atoms with Crippen LogP contribution in [0.25, 0.3) is 11.5 Å². The molecule has 0 aliphatic carbocycles. The summed E-state index contributed by atoms with van der Waals surface area (Å²) in [5.74, 6) is 0.841. The van der Waals surface area contributed by atoms with Crippen LogP contribution in [0.2, 0.25) is 0 Å². The Hall–Kier alpha value is -3.88. The number of nitrogens with zero attached hydrogens (tertiary/aromatic N) is 2. The normalized spacial score (nSPS) is 10.4. The summed E-state index contributed by atoms with van der Waals surface area (Å²) in [5.41, 5.74) is 7.01. The molecule has 9 nitrogen and oxygen atoms in total. The van der Waals surface area contributed by atoms with E-state index in [0.29, 0.717) is 35.5 Å². The van der Waals surface area contributed by atoms with Crippen LogP contribution < -0.4 is 20.3 Å². The third kappa shape index (κ3) is 5.81. The van der Waals surface area contributed by atoms with E-state index in [4.69, 9.17) is 13.9 Å². The van der Waals surface area contributed by atoms with Crippen molar-refractivity contribution in [2.75, 3.05) is 13.7 Å². The maximum absolute atomic E-state index is 12.3. The molecule has 0 unspecified atom stereocenters. The fourth-order valence-electron chi connectivity index (χ4n) is 2.73. The van der Waals surface area contributed by atoms with Gasteiger partial charge in [0.05, 0.1) is 13.7 Å². The maximum atomic E-state index is 12.3. The Kier molecular flexibility index (Phi) is 7.21. The Bertz CT molecular complexity index is 1050. The summed E-state index contributed by atoms with van der Waals surface area (Å²) < 4.78 is 16.2. The number of carbonyl (C=O) groups is 2. The number of methoxy groups -OCH3 is 1. The standard InChI is InChI=1S/C22H24N4O5/c1-4-30-17-10-9-16(13-18(17)29-3)21(28)25-23-19(27)11-12-20-24-26-22(31-20)15-7-5-14(2)6-8-15/h5-10,13H,4,11-12H2,1-3H3,(H,23,27)(H,25,28). The average molecular weight is 424 g/mol. The van der Waals surface area contributed by atoms with Crippen LogP contribution in [0.3, 0.4) is 0 Å². The fraction of sp³-hybridized carbons (Fsp3) is 0.273. The van der Waals surface area contributed by atoms with Gasteiger partial charge >= 0.3 is 0 Å². The minimum atomic E-state index is -0.478. The highest BCUT2D eigenvalue weighted by molar-refractivity contribution is 5.96. The average Bonchev–Trinajstić information content (AvgIpc) is 3.26. The molecule has 2 aromatic carbocycles. The minimum absolute atomic E-state index is 0.0718. The van der Waals surface area contributed by atoms with E-state index < -0.39 is 5.91 Å². The zero-order valence-corrected chi connectivity index (χ0v) is 17.6. The molecule has 162 valence electrons. The van der Waals surface area contributed by atoms with Gasteiger partial charge in [0.25, 0.3) is 5.91 Å². The van der Waals surface area contributed by atoms with Crippen LogP contribution in [0.15, 0.2) is 46.9 Å². The molecular formula is C22H24N4O5. The van der Waals surface area contributed by atoms with E-state index in [-0.39, 0.29) is 18.7 Å². The van der Waals surface area contributed by atoms with Crippen molar-refractivity contribution in [2.45, 2.75) is 26.7 Å². The van der Waals surface area contributed by atoms with E-state index in [9.17, 15) is 9.59 Å². The van der Waals surface area contributed by atoms with Crippen molar-refractivity contribution in [3.05, 3.63) is 59.5 Å². The van der Waals surface area contributed by atoms with Gasteiger partial charge in [0.2, 0.25) is 17.7 Å². The van der Waals surface area contributed by atoms with E-state index in [1.54, 1.807) is 12.1 Å². The Morgan fingerprint density at radius 2 is 1.81 bits per heavy atom. The summed E-state index contributed by atoms with van der Waals surface area (Å²) in [6.45, 7) is 4.32. The van der Waals surface area contributed by atoms with E-state index >= 15 is 0 Å². The molecule has 0 spiro atoms. The second-order valence-electron chi connectivity index (χ2n) is 6.67. The van der Waals surface area contributed by atoms with Crippen LogP contribution in [0.5, 0.6) is 11.5 Å². The molecule has 2 amide bonds. The summed E-state index contributed by atoms with van der Waals surface area (Å²) in [7, 11) is 1.49. The monoisotopic (exact) mass is 424 g/mol. The van der Waals surface area contributed by atoms with Crippen molar-refractivity contribution in [3.8, 4) is 23.0 Å². The highest BCUT2D eigenvalue weighted by Crippen LogP contribution is 2.28. The van der Waals surface area contributed by atoms with Crippen LogP contribution in [0, 0.1) is 6.92 Å². The van der Waals surface area contributed by atoms with Gasteiger partial charge < -0.3 is 13.9 Å². The molecule has 9 heteroatoms. The molecule has 0 radical (unpaired) electrons. The number of aromatic nitrogens is 2. The molecule has 31 heavy (non-hydrogen) atoms. The van der Waals surface area contributed by atoms with Crippen molar-refractivity contribution in [2.24, 2.45) is 0 Å². The molecule has 0 saturated carbocycles. The molecule has 1 heterocycles. The SMILES string of the molecule is CCOc1ccc(C(=O)NNC(=O)CCc2nnc(-c3ccc(C)cc3)o2)cc1OC. The maximum Gasteiger partial charge on any atom is 0.269 e. The number of aryl methyl sites for hydroxylation is 2. The number of ether oxygens (including phenoxy) is 2. The molecule has 0 fully saturated rings. The minimum Gasteiger partial charge on any atom is -0.493 e. The second-order valence-corrected chi connectivity index (χ2v) is 6.67. The number of hydrogen-bond acceptors (Lipinski definition) is 7. The summed E-state index contributed by atoms with van der Waals surface area (Å²) >= 11 is 0. The lowest BCUT2D eigenvalue weighted by Crippen LogP contribution is -2.41.